The van der Waals surface area contributed by atoms with E-state index in [-0.39, 0.29) is 10.7 Å². The molecule has 0 saturated heterocycles. The Morgan fingerprint density at radius 2 is 1.67 bits per heavy atom. The molecule has 214 valence electrons. The Labute approximate surface area is 252 Å². The van der Waals surface area contributed by atoms with Crippen molar-refractivity contribution in [3.8, 4) is 11.5 Å². The topological polar surface area (TPSA) is 102 Å². The van der Waals surface area contributed by atoms with E-state index in [4.69, 9.17) is 9.47 Å². The molecule has 0 radical (unpaired) electrons. The van der Waals surface area contributed by atoms with E-state index in [9.17, 15) is 14.7 Å². The summed E-state index contributed by atoms with van der Waals surface area (Å²) in [5.41, 5.74) is 2.45. The average Bonchev–Trinajstić information content (AvgIpc) is 3.59. The first-order valence-corrected chi connectivity index (χ1v) is 15.2. The molecule has 0 aliphatic carbocycles. The van der Waals surface area contributed by atoms with Gasteiger partial charge in [-0.2, -0.15) is 0 Å². The van der Waals surface area contributed by atoms with E-state index in [1.165, 1.54) is 34.1 Å². The van der Waals surface area contributed by atoms with E-state index in [1.807, 2.05) is 74.5 Å². The number of hydrogen-bond acceptors (Lipinski definition) is 9. The smallest absolute Gasteiger partial charge is 0.296 e. The molecule has 3 aromatic carbocycles. The van der Waals surface area contributed by atoms with Crippen molar-refractivity contribution in [1.29, 1.82) is 0 Å². The normalized spacial score (nSPS) is 15.0. The van der Waals surface area contributed by atoms with Crippen LogP contribution in [-0.4, -0.2) is 40.2 Å². The van der Waals surface area contributed by atoms with Gasteiger partial charge < -0.3 is 14.6 Å². The van der Waals surface area contributed by atoms with Crippen LogP contribution >= 0.6 is 23.1 Å². The number of ketones is 1. The first-order valence-electron chi connectivity index (χ1n) is 13.4. The molecule has 8 nitrogen and oxygen atoms in total. The molecule has 4 aromatic rings. The zero-order chi connectivity index (χ0) is 29.5. The van der Waals surface area contributed by atoms with Gasteiger partial charge in [0.15, 0.2) is 27.4 Å². The standard InChI is InChI=1S/C32H29N3O5S2/c1-3-39-25-18-16-23(19-26(25)40-4-2)28-27(24(36)17-15-21-11-7-5-8-12-21)29(37)30(38)35(28)31-33-34-32(42-31)41-20-22-13-9-6-10-14-22/h5-19,28,37H,3-4,20H2,1-2H3. The highest BCUT2D eigenvalue weighted by Crippen LogP contribution is 2.45. The summed E-state index contributed by atoms with van der Waals surface area (Å²) < 4.78 is 12.2. The number of nitrogens with zero attached hydrogens (tertiary/aromatic N) is 3. The molecule has 1 amide bonds. The Kier molecular flexibility index (Phi) is 9.35. The second kappa shape index (κ2) is 13.5. The maximum atomic E-state index is 13.6. The van der Waals surface area contributed by atoms with E-state index in [1.54, 1.807) is 24.3 Å². The van der Waals surface area contributed by atoms with Gasteiger partial charge in [-0.15, -0.1) is 10.2 Å². The Morgan fingerprint density at radius 3 is 2.38 bits per heavy atom. The molecule has 0 saturated carbocycles. The highest BCUT2D eigenvalue weighted by molar-refractivity contribution is 8.00. The number of aliphatic hydroxyl groups is 1. The predicted octanol–water partition coefficient (Wildman–Crippen LogP) is 6.81. The van der Waals surface area contributed by atoms with Crippen molar-refractivity contribution in [3.05, 3.63) is 113 Å². The molecule has 1 N–H and O–H groups in total. The van der Waals surface area contributed by atoms with Gasteiger partial charge in [0.25, 0.3) is 5.91 Å². The molecule has 0 bridgehead atoms. The number of aromatic nitrogens is 2. The summed E-state index contributed by atoms with van der Waals surface area (Å²) in [5.74, 6) is -0.145. The molecule has 1 aliphatic rings. The van der Waals surface area contributed by atoms with E-state index in [0.29, 0.717) is 40.4 Å². The van der Waals surface area contributed by atoms with Crippen molar-refractivity contribution in [2.45, 2.75) is 30.0 Å². The lowest BCUT2D eigenvalue weighted by Gasteiger charge is -2.24. The van der Waals surface area contributed by atoms with Crippen LogP contribution < -0.4 is 14.4 Å². The lowest BCUT2D eigenvalue weighted by atomic mass is 9.95. The molecule has 0 spiro atoms. The average molecular weight is 600 g/mol. The van der Waals surface area contributed by atoms with E-state index in [2.05, 4.69) is 10.2 Å². The van der Waals surface area contributed by atoms with E-state index < -0.39 is 23.5 Å². The Bertz CT molecular complexity index is 1620. The minimum atomic E-state index is -0.958. The third-order valence-corrected chi connectivity index (χ3v) is 8.52. The van der Waals surface area contributed by atoms with Crippen molar-refractivity contribution >= 4 is 46.0 Å². The quantitative estimate of drug-likeness (QED) is 0.108. The van der Waals surface area contributed by atoms with Gasteiger partial charge in [0, 0.05) is 5.75 Å². The zero-order valence-corrected chi connectivity index (χ0v) is 24.7. The lowest BCUT2D eigenvalue weighted by Crippen LogP contribution is -2.31. The van der Waals surface area contributed by atoms with Gasteiger partial charge in [0.05, 0.1) is 24.8 Å². The third-order valence-electron chi connectivity index (χ3n) is 6.39. The molecule has 1 aliphatic heterocycles. The van der Waals surface area contributed by atoms with Crippen LogP contribution in [0, 0.1) is 0 Å². The number of benzene rings is 3. The second-order valence-electron chi connectivity index (χ2n) is 9.15. The van der Waals surface area contributed by atoms with Crippen molar-refractivity contribution < 1.29 is 24.2 Å². The molecular formula is C32H29N3O5S2. The summed E-state index contributed by atoms with van der Waals surface area (Å²) in [6.45, 7) is 4.57. The number of hydrogen-bond donors (Lipinski definition) is 1. The number of aliphatic hydroxyl groups excluding tert-OH is 1. The van der Waals surface area contributed by atoms with Gasteiger partial charge in [-0.25, -0.2) is 0 Å². The van der Waals surface area contributed by atoms with Gasteiger partial charge in [0.1, 0.15) is 0 Å². The summed E-state index contributed by atoms with van der Waals surface area (Å²) in [5, 5.41) is 19.9. The predicted molar refractivity (Wildman–Crippen MR) is 165 cm³/mol. The van der Waals surface area contributed by atoms with E-state index in [0.717, 1.165) is 11.1 Å². The van der Waals surface area contributed by atoms with Gasteiger partial charge >= 0.3 is 0 Å². The molecule has 1 atom stereocenters. The van der Waals surface area contributed by atoms with Crippen LogP contribution in [0.4, 0.5) is 5.13 Å². The second-order valence-corrected chi connectivity index (χ2v) is 11.3. The third kappa shape index (κ3) is 6.40. The van der Waals surface area contributed by atoms with Crippen molar-refractivity contribution in [1.82, 2.24) is 10.2 Å². The molecule has 0 fully saturated rings. The Morgan fingerprint density at radius 1 is 0.976 bits per heavy atom. The minimum absolute atomic E-state index is 0.0486. The Hall–Kier alpha value is -4.41. The SMILES string of the molecule is CCOc1ccc(C2C(C(=O)C=Cc3ccccc3)=C(O)C(=O)N2c2nnc(SCc3ccccc3)s2)cc1OCC. The summed E-state index contributed by atoms with van der Waals surface area (Å²) in [4.78, 5) is 28.5. The number of allylic oxidation sites excluding steroid dienone is 1. The fourth-order valence-corrected chi connectivity index (χ4v) is 6.33. The Balaban J connectivity index is 1.52. The van der Waals surface area contributed by atoms with Crippen LogP contribution in [0.5, 0.6) is 11.5 Å². The fourth-order valence-electron chi connectivity index (χ4n) is 4.51. The number of amides is 1. The van der Waals surface area contributed by atoms with Gasteiger partial charge in [-0.3, -0.25) is 14.5 Å². The van der Waals surface area contributed by atoms with Crippen molar-refractivity contribution in [2.75, 3.05) is 18.1 Å². The molecule has 42 heavy (non-hydrogen) atoms. The highest BCUT2D eigenvalue weighted by atomic mass is 32.2. The first-order chi connectivity index (χ1) is 20.5. The molecule has 1 aromatic heterocycles. The number of carbonyl (C=O) groups excluding carboxylic acids is 2. The molecule has 1 unspecified atom stereocenters. The highest BCUT2D eigenvalue weighted by Gasteiger charge is 2.45. The molecular weight excluding hydrogens is 571 g/mol. The minimum Gasteiger partial charge on any atom is -0.503 e. The maximum Gasteiger partial charge on any atom is 0.296 e. The summed E-state index contributed by atoms with van der Waals surface area (Å²) in [6, 6.07) is 23.6. The summed E-state index contributed by atoms with van der Waals surface area (Å²) in [6.07, 6.45) is 3.02. The number of thioether (sulfide) groups is 1. The molecule has 10 heteroatoms. The number of carbonyl (C=O) groups is 2. The van der Waals surface area contributed by atoms with Crippen molar-refractivity contribution in [3.63, 3.8) is 0 Å². The van der Waals surface area contributed by atoms with Crippen LogP contribution in [0.1, 0.15) is 36.6 Å². The maximum absolute atomic E-state index is 13.6. The van der Waals surface area contributed by atoms with Crippen LogP contribution in [0.25, 0.3) is 6.08 Å². The van der Waals surface area contributed by atoms with E-state index >= 15 is 0 Å². The van der Waals surface area contributed by atoms with Crippen molar-refractivity contribution in [2.24, 2.45) is 0 Å². The van der Waals surface area contributed by atoms with Crippen LogP contribution in [-0.2, 0) is 15.3 Å². The zero-order valence-electron chi connectivity index (χ0n) is 23.1. The molecule has 2 heterocycles. The van der Waals surface area contributed by atoms with Crippen LogP contribution in [0.3, 0.4) is 0 Å². The van der Waals surface area contributed by atoms with Crippen LogP contribution in [0.15, 0.2) is 101 Å². The summed E-state index contributed by atoms with van der Waals surface area (Å²) >= 11 is 2.72. The lowest BCUT2D eigenvalue weighted by molar-refractivity contribution is -0.117. The fraction of sp³-hybridized carbons (Fsp3) is 0.188. The van der Waals surface area contributed by atoms with Gasteiger partial charge in [-0.1, -0.05) is 95.9 Å². The monoisotopic (exact) mass is 599 g/mol. The molecule has 5 rings (SSSR count). The number of ether oxygens (including phenoxy) is 2. The summed E-state index contributed by atoms with van der Waals surface area (Å²) in [7, 11) is 0. The van der Waals surface area contributed by atoms with Gasteiger partial charge in [-0.05, 0) is 48.7 Å². The number of rotatable bonds is 12. The van der Waals surface area contributed by atoms with Crippen LogP contribution in [0.2, 0.25) is 0 Å². The first kappa shape index (κ1) is 29.1. The largest absolute Gasteiger partial charge is 0.503 e. The number of anilines is 1. The van der Waals surface area contributed by atoms with Gasteiger partial charge in [0.2, 0.25) is 5.13 Å².